The van der Waals surface area contributed by atoms with Crippen LogP contribution in [0.1, 0.15) is 20.9 Å². The van der Waals surface area contributed by atoms with E-state index in [1.807, 2.05) is 0 Å². The molecule has 1 amide bonds. The zero-order valence-corrected chi connectivity index (χ0v) is 10.5. The summed E-state index contributed by atoms with van der Waals surface area (Å²) in [5, 5.41) is 8.74. The maximum Gasteiger partial charge on any atom is 0.371 e. The van der Waals surface area contributed by atoms with Gasteiger partial charge in [0.25, 0.3) is 5.95 Å². The van der Waals surface area contributed by atoms with Gasteiger partial charge in [0.05, 0.1) is 7.11 Å². The Labute approximate surface area is 113 Å². The summed E-state index contributed by atoms with van der Waals surface area (Å²) in [7, 11) is 1.40. The van der Waals surface area contributed by atoms with E-state index in [9.17, 15) is 9.59 Å². The number of benzene rings is 1. The third-order valence-corrected chi connectivity index (χ3v) is 2.45. The van der Waals surface area contributed by atoms with Crippen LogP contribution >= 0.6 is 0 Å². The lowest BCUT2D eigenvalue weighted by atomic mass is 10.2. The Morgan fingerprint density at radius 2 is 1.95 bits per heavy atom. The lowest BCUT2D eigenvalue weighted by molar-refractivity contribution is 0.0657. The van der Waals surface area contributed by atoms with Crippen molar-refractivity contribution in [2.45, 2.75) is 0 Å². The highest BCUT2D eigenvalue weighted by atomic mass is 16.6. The molecule has 0 unspecified atom stereocenters. The average molecular weight is 277 g/mol. The molecule has 0 fully saturated rings. The molecule has 1 heterocycles. The SMILES string of the molecule is COc1cc(C(N)=O)ccc1Oc1ccc(C(=O)O)o1. The number of carboxylic acid groups (broad SMARTS) is 1. The van der Waals surface area contributed by atoms with Crippen molar-refractivity contribution in [2.24, 2.45) is 5.73 Å². The number of carboxylic acids is 1. The normalized spacial score (nSPS) is 10.1. The van der Waals surface area contributed by atoms with Crippen molar-refractivity contribution in [3.8, 4) is 17.4 Å². The Morgan fingerprint density at radius 3 is 2.50 bits per heavy atom. The molecule has 1 aromatic carbocycles. The molecule has 3 N–H and O–H groups in total. The molecule has 0 bridgehead atoms. The van der Waals surface area contributed by atoms with E-state index in [4.69, 9.17) is 24.7 Å². The molecular weight excluding hydrogens is 266 g/mol. The summed E-state index contributed by atoms with van der Waals surface area (Å²) < 4.78 is 15.4. The van der Waals surface area contributed by atoms with Crippen molar-refractivity contribution in [1.29, 1.82) is 0 Å². The molecule has 0 aliphatic rings. The predicted molar refractivity (Wildman–Crippen MR) is 67.3 cm³/mol. The van der Waals surface area contributed by atoms with Crippen LogP contribution < -0.4 is 15.2 Å². The lowest BCUT2D eigenvalue weighted by Gasteiger charge is -2.09. The number of aromatic carboxylic acids is 1. The number of primary amides is 1. The van der Waals surface area contributed by atoms with Gasteiger partial charge < -0.3 is 24.7 Å². The molecule has 2 rings (SSSR count). The van der Waals surface area contributed by atoms with E-state index >= 15 is 0 Å². The summed E-state index contributed by atoms with van der Waals surface area (Å²) in [4.78, 5) is 21.7. The van der Waals surface area contributed by atoms with Gasteiger partial charge in [-0.2, -0.15) is 0 Å². The molecule has 7 nitrogen and oxygen atoms in total. The van der Waals surface area contributed by atoms with Crippen LogP contribution in [-0.2, 0) is 0 Å². The van der Waals surface area contributed by atoms with Crippen LogP contribution in [0.3, 0.4) is 0 Å². The number of carbonyl (C=O) groups excluding carboxylic acids is 1. The Morgan fingerprint density at radius 1 is 1.20 bits per heavy atom. The van der Waals surface area contributed by atoms with E-state index in [2.05, 4.69) is 0 Å². The second kappa shape index (κ2) is 5.35. The minimum Gasteiger partial charge on any atom is -0.493 e. The number of methoxy groups -OCH3 is 1. The van der Waals surface area contributed by atoms with Crippen LogP contribution in [0.4, 0.5) is 0 Å². The zero-order valence-electron chi connectivity index (χ0n) is 10.5. The monoisotopic (exact) mass is 277 g/mol. The van der Waals surface area contributed by atoms with E-state index in [-0.39, 0.29) is 28.8 Å². The third-order valence-electron chi connectivity index (χ3n) is 2.45. The van der Waals surface area contributed by atoms with Gasteiger partial charge in [-0.15, -0.1) is 0 Å². The molecule has 104 valence electrons. The maximum atomic E-state index is 11.1. The van der Waals surface area contributed by atoms with Crippen molar-refractivity contribution >= 4 is 11.9 Å². The quantitative estimate of drug-likeness (QED) is 0.862. The minimum absolute atomic E-state index is 0.00692. The summed E-state index contributed by atoms with van der Waals surface area (Å²) in [5.41, 5.74) is 5.42. The Hall–Kier alpha value is -2.96. The van der Waals surface area contributed by atoms with Crippen LogP contribution in [0.15, 0.2) is 34.7 Å². The van der Waals surface area contributed by atoms with Crippen LogP contribution in [0.25, 0.3) is 0 Å². The van der Waals surface area contributed by atoms with Crippen molar-refractivity contribution in [3.05, 3.63) is 41.7 Å². The number of rotatable bonds is 5. The fourth-order valence-corrected chi connectivity index (χ4v) is 1.50. The highest BCUT2D eigenvalue weighted by molar-refractivity contribution is 5.93. The van der Waals surface area contributed by atoms with Gasteiger partial charge >= 0.3 is 5.97 Å². The topological polar surface area (TPSA) is 112 Å². The Balaban J connectivity index is 2.28. The first-order valence-electron chi connectivity index (χ1n) is 5.50. The van der Waals surface area contributed by atoms with Gasteiger partial charge in [-0.1, -0.05) is 0 Å². The predicted octanol–water partition coefficient (Wildman–Crippen LogP) is 1.88. The maximum absolute atomic E-state index is 11.1. The second-order valence-electron chi connectivity index (χ2n) is 3.76. The van der Waals surface area contributed by atoms with Gasteiger partial charge in [-0.05, 0) is 24.3 Å². The standard InChI is InChI=1S/C13H11NO6/c1-18-10-6-7(12(14)15)2-3-8(10)19-11-5-4-9(20-11)13(16)17/h2-6H,1H3,(H2,14,15)(H,16,17). The molecule has 0 atom stereocenters. The number of ether oxygens (including phenoxy) is 2. The number of nitrogens with two attached hydrogens (primary N) is 1. The molecule has 0 aliphatic carbocycles. The molecule has 0 saturated heterocycles. The molecule has 20 heavy (non-hydrogen) atoms. The summed E-state index contributed by atoms with van der Waals surface area (Å²) in [5.74, 6) is -1.50. The molecule has 1 aromatic heterocycles. The largest absolute Gasteiger partial charge is 0.493 e. The van der Waals surface area contributed by atoms with Gasteiger partial charge in [0.2, 0.25) is 11.7 Å². The zero-order chi connectivity index (χ0) is 14.7. The number of hydrogen-bond donors (Lipinski definition) is 2. The summed E-state index contributed by atoms with van der Waals surface area (Å²) in [6, 6.07) is 6.98. The van der Waals surface area contributed by atoms with Crippen LogP contribution in [0.2, 0.25) is 0 Å². The summed E-state index contributed by atoms with van der Waals surface area (Å²) in [6.07, 6.45) is 0. The van der Waals surface area contributed by atoms with Crippen molar-refractivity contribution in [1.82, 2.24) is 0 Å². The van der Waals surface area contributed by atoms with Crippen molar-refractivity contribution < 1.29 is 28.6 Å². The molecular formula is C13H11NO6. The first-order chi connectivity index (χ1) is 9.51. The summed E-state index contributed by atoms with van der Waals surface area (Å²) in [6.45, 7) is 0. The molecule has 7 heteroatoms. The smallest absolute Gasteiger partial charge is 0.371 e. The summed E-state index contributed by atoms with van der Waals surface area (Å²) >= 11 is 0. The van der Waals surface area contributed by atoms with E-state index < -0.39 is 11.9 Å². The fourth-order valence-electron chi connectivity index (χ4n) is 1.50. The first-order valence-corrected chi connectivity index (χ1v) is 5.50. The molecule has 0 saturated carbocycles. The van der Waals surface area contributed by atoms with Crippen LogP contribution in [0, 0.1) is 0 Å². The van der Waals surface area contributed by atoms with Gasteiger partial charge in [0.1, 0.15) is 0 Å². The number of hydrogen-bond acceptors (Lipinski definition) is 5. The highest BCUT2D eigenvalue weighted by Gasteiger charge is 2.14. The van der Waals surface area contributed by atoms with Gasteiger partial charge in [-0.3, -0.25) is 4.79 Å². The van der Waals surface area contributed by atoms with Gasteiger partial charge in [-0.25, -0.2) is 4.79 Å². The van der Waals surface area contributed by atoms with E-state index in [1.54, 1.807) is 0 Å². The first kappa shape index (κ1) is 13.5. The second-order valence-corrected chi connectivity index (χ2v) is 3.76. The number of amides is 1. The average Bonchev–Trinajstić information content (AvgIpc) is 2.87. The fraction of sp³-hybridized carbons (Fsp3) is 0.0769. The lowest BCUT2D eigenvalue weighted by Crippen LogP contribution is -2.10. The van der Waals surface area contributed by atoms with Gasteiger partial charge in [0, 0.05) is 11.6 Å². The Kier molecular flexibility index (Phi) is 3.60. The number of furan rings is 1. The molecule has 0 spiro atoms. The van der Waals surface area contributed by atoms with E-state index in [1.165, 1.54) is 37.4 Å². The highest BCUT2D eigenvalue weighted by Crippen LogP contribution is 2.33. The molecule has 0 aliphatic heterocycles. The minimum atomic E-state index is -1.20. The van der Waals surface area contributed by atoms with Crippen LogP contribution in [-0.4, -0.2) is 24.1 Å². The van der Waals surface area contributed by atoms with Crippen molar-refractivity contribution in [2.75, 3.05) is 7.11 Å². The van der Waals surface area contributed by atoms with E-state index in [0.29, 0.717) is 0 Å². The van der Waals surface area contributed by atoms with Crippen LogP contribution in [0.5, 0.6) is 17.4 Å². The van der Waals surface area contributed by atoms with E-state index in [0.717, 1.165) is 0 Å². The number of carbonyl (C=O) groups is 2. The van der Waals surface area contributed by atoms with Gasteiger partial charge in [0.15, 0.2) is 11.5 Å². The molecule has 0 radical (unpaired) electrons. The third kappa shape index (κ3) is 2.72. The Bertz CT molecular complexity index is 661. The molecule has 2 aromatic rings. The van der Waals surface area contributed by atoms with Crippen molar-refractivity contribution in [3.63, 3.8) is 0 Å².